The first-order chi connectivity index (χ1) is 11.5. The normalized spacial score (nSPS) is 13.7. The van der Waals surface area contributed by atoms with Crippen molar-refractivity contribution in [3.05, 3.63) is 46.6 Å². The lowest BCUT2D eigenvalue weighted by molar-refractivity contribution is -0.124. The van der Waals surface area contributed by atoms with Crippen LogP contribution in [0.1, 0.15) is 64.4 Å². The fourth-order valence-corrected chi connectivity index (χ4v) is 3.04. The topological polar surface area (TPSA) is 46.2 Å². The SMILES string of the molecule is CCCCC(=O)CC(=O)C=CNC(CC)C(C)c1cccc(Br)c1. The molecule has 1 N–H and O–H groups in total. The lowest BCUT2D eigenvalue weighted by atomic mass is 9.92. The van der Waals surface area contributed by atoms with E-state index in [0.29, 0.717) is 12.3 Å². The van der Waals surface area contributed by atoms with Crippen molar-refractivity contribution >= 4 is 27.5 Å². The minimum atomic E-state index is -0.131. The Morgan fingerprint density at radius 3 is 2.67 bits per heavy atom. The third-order valence-corrected chi connectivity index (χ3v) is 4.67. The highest BCUT2D eigenvalue weighted by Crippen LogP contribution is 2.24. The summed E-state index contributed by atoms with van der Waals surface area (Å²) in [6.07, 6.45) is 6.47. The minimum absolute atomic E-state index is 0.0101. The molecule has 0 saturated carbocycles. The molecule has 1 rings (SSSR count). The highest BCUT2D eigenvalue weighted by atomic mass is 79.9. The van der Waals surface area contributed by atoms with Crippen LogP contribution in [0.25, 0.3) is 0 Å². The number of halogens is 1. The van der Waals surface area contributed by atoms with Crippen LogP contribution < -0.4 is 5.32 Å². The number of allylic oxidation sites excluding steroid dienone is 1. The predicted molar refractivity (Wildman–Crippen MR) is 103 cm³/mol. The van der Waals surface area contributed by atoms with E-state index in [1.807, 2.05) is 19.1 Å². The molecule has 1 aromatic carbocycles. The number of unbranched alkanes of at least 4 members (excludes halogenated alkanes) is 1. The summed E-state index contributed by atoms with van der Waals surface area (Å²) in [6, 6.07) is 8.51. The second kappa shape index (κ2) is 11.2. The van der Waals surface area contributed by atoms with Crippen molar-refractivity contribution in [2.45, 2.75) is 64.8 Å². The Morgan fingerprint density at radius 1 is 1.29 bits per heavy atom. The van der Waals surface area contributed by atoms with Gasteiger partial charge in [-0.05, 0) is 36.6 Å². The van der Waals surface area contributed by atoms with E-state index in [2.05, 4.69) is 47.2 Å². The van der Waals surface area contributed by atoms with Gasteiger partial charge in [0.1, 0.15) is 5.78 Å². The van der Waals surface area contributed by atoms with E-state index in [-0.39, 0.29) is 24.0 Å². The van der Waals surface area contributed by atoms with E-state index in [9.17, 15) is 9.59 Å². The van der Waals surface area contributed by atoms with Gasteiger partial charge in [0.05, 0.1) is 6.42 Å². The van der Waals surface area contributed by atoms with Crippen LogP contribution in [0.4, 0.5) is 0 Å². The molecule has 0 aromatic heterocycles. The van der Waals surface area contributed by atoms with Gasteiger partial charge in [0.15, 0.2) is 5.78 Å². The van der Waals surface area contributed by atoms with Gasteiger partial charge in [0.2, 0.25) is 0 Å². The summed E-state index contributed by atoms with van der Waals surface area (Å²) >= 11 is 3.50. The maximum atomic E-state index is 11.8. The molecular weight excluding hydrogens is 366 g/mol. The van der Waals surface area contributed by atoms with E-state index in [1.165, 1.54) is 11.6 Å². The summed E-state index contributed by atoms with van der Waals surface area (Å²) in [5.74, 6) is 0.216. The zero-order chi connectivity index (χ0) is 17.9. The summed E-state index contributed by atoms with van der Waals surface area (Å²) in [6.45, 7) is 6.33. The first-order valence-electron chi connectivity index (χ1n) is 8.70. The zero-order valence-electron chi connectivity index (χ0n) is 14.8. The number of carbonyl (C=O) groups excluding carboxylic acids is 2. The van der Waals surface area contributed by atoms with Crippen molar-refractivity contribution in [3.63, 3.8) is 0 Å². The van der Waals surface area contributed by atoms with E-state index < -0.39 is 0 Å². The van der Waals surface area contributed by atoms with Gasteiger partial charge in [-0.2, -0.15) is 0 Å². The van der Waals surface area contributed by atoms with Gasteiger partial charge in [0.25, 0.3) is 0 Å². The Bertz CT molecular complexity index is 569. The summed E-state index contributed by atoms with van der Waals surface area (Å²) < 4.78 is 1.07. The number of hydrogen-bond acceptors (Lipinski definition) is 3. The molecule has 132 valence electrons. The van der Waals surface area contributed by atoms with Crippen LogP contribution in [-0.4, -0.2) is 17.6 Å². The van der Waals surface area contributed by atoms with Gasteiger partial charge >= 0.3 is 0 Å². The fraction of sp³-hybridized carbons (Fsp3) is 0.500. The highest BCUT2D eigenvalue weighted by Gasteiger charge is 2.16. The molecule has 0 aliphatic carbocycles. The molecule has 4 heteroatoms. The van der Waals surface area contributed by atoms with Gasteiger partial charge in [0, 0.05) is 29.1 Å². The minimum Gasteiger partial charge on any atom is -0.387 e. The smallest absolute Gasteiger partial charge is 0.164 e. The standard InChI is InChI=1S/C20H28BrNO2/c1-4-6-10-18(23)14-19(24)11-12-22-20(5-2)15(3)16-8-7-9-17(21)13-16/h7-9,11-13,15,20,22H,4-6,10,14H2,1-3H3. The third kappa shape index (κ3) is 7.43. The molecule has 0 saturated heterocycles. The Balaban J connectivity index is 2.53. The molecule has 0 aliphatic heterocycles. The molecule has 3 nitrogen and oxygen atoms in total. The number of hydrogen-bond donors (Lipinski definition) is 1. The van der Waals surface area contributed by atoms with Gasteiger partial charge in [-0.1, -0.05) is 55.3 Å². The largest absolute Gasteiger partial charge is 0.387 e. The summed E-state index contributed by atoms with van der Waals surface area (Å²) in [7, 11) is 0. The molecule has 1 aromatic rings. The lowest BCUT2D eigenvalue weighted by Gasteiger charge is -2.23. The molecule has 0 heterocycles. The van der Waals surface area contributed by atoms with Crippen molar-refractivity contribution in [1.29, 1.82) is 0 Å². The second-order valence-corrected chi connectivity index (χ2v) is 7.06. The van der Waals surface area contributed by atoms with Crippen molar-refractivity contribution in [1.82, 2.24) is 5.32 Å². The molecule has 0 spiro atoms. The fourth-order valence-electron chi connectivity index (χ4n) is 2.62. The monoisotopic (exact) mass is 393 g/mol. The number of rotatable bonds is 11. The average Bonchev–Trinajstić information content (AvgIpc) is 2.56. The lowest BCUT2D eigenvalue weighted by Crippen LogP contribution is -2.29. The molecule has 0 aliphatic rings. The number of Topliss-reactive ketones (excluding diaryl/α,β-unsaturated/α-hetero) is 1. The number of carbonyl (C=O) groups is 2. The van der Waals surface area contributed by atoms with Gasteiger partial charge < -0.3 is 5.32 Å². The number of nitrogens with one attached hydrogen (secondary N) is 1. The molecule has 2 atom stereocenters. The van der Waals surface area contributed by atoms with Crippen LogP contribution in [0.15, 0.2) is 41.0 Å². The number of ketones is 2. The van der Waals surface area contributed by atoms with E-state index in [0.717, 1.165) is 23.7 Å². The van der Waals surface area contributed by atoms with Crippen LogP contribution >= 0.6 is 15.9 Å². The van der Waals surface area contributed by atoms with Crippen LogP contribution in [0, 0.1) is 0 Å². The first kappa shape index (κ1) is 20.6. The molecule has 24 heavy (non-hydrogen) atoms. The Hall–Kier alpha value is -1.42. The Labute approximate surface area is 154 Å². The van der Waals surface area contributed by atoms with Crippen molar-refractivity contribution in [3.8, 4) is 0 Å². The molecule has 0 bridgehead atoms. The molecule has 0 radical (unpaired) electrons. The van der Waals surface area contributed by atoms with Crippen molar-refractivity contribution in [2.75, 3.05) is 0 Å². The van der Waals surface area contributed by atoms with Crippen LogP contribution in [0.3, 0.4) is 0 Å². The summed E-state index contributed by atoms with van der Waals surface area (Å²) in [4.78, 5) is 23.4. The summed E-state index contributed by atoms with van der Waals surface area (Å²) in [5, 5.41) is 3.31. The van der Waals surface area contributed by atoms with Gasteiger partial charge in [-0.3, -0.25) is 9.59 Å². The maximum absolute atomic E-state index is 11.8. The van der Waals surface area contributed by atoms with Gasteiger partial charge in [-0.15, -0.1) is 0 Å². The van der Waals surface area contributed by atoms with Crippen molar-refractivity contribution < 1.29 is 9.59 Å². The Morgan fingerprint density at radius 2 is 2.04 bits per heavy atom. The van der Waals surface area contributed by atoms with Crippen LogP contribution in [0.2, 0.25) is 0 Å². The molecule has 2 unspecified atom stereocenters. The highest BCUT2D eigenvalue weighted by molar-refractivity contribution is 9.10. The maximum Gasteiger partial charge on any atom is 0.164 e. The average molecular weight is 394 g/mol. The summed E-state index contributed by atoms with van der Waals surface area (Å²) in [5.41, 5.74) is 1.25. The first-order valence-corrected chi connectivity index (χ1v) is 9.49. The molecule has 0 fully saturated rings. The van der Waals surface area contributed by atoms with E-state index in [4.69, 9.17) is 0 Å². The van der Waals surface area contributed by atoms with E-state index in [1.54, 1.807) is 6.20 Å². The van der Waals surface area contributed by atoms with Crippen LogP contribution in [-0.2, 0) is 9.59 Å². The third-order valence-electron chi connectivity index (χ3n) is 4.18. The molecular formula is C20H28BrNO2. The Kier molecular flexibility index (Phi) is 9.62. The quantitative estimate of drug-likeness (QED) is 0.417. The predicted octanol–water partition coefficient (Wildman–Crippen LogP) is 5.15. The van der Waals surface area contributed by atoms with Gasteiger partial charge in [-0.25, -0.2) is 0 Å². The zero-order valence-corrected chi connectivity index (χ0v) is 16.4. The van der Waals surface area contributed by atoms with Crippen LogP contribution in [0.5, 0.6) is 0 Å². The van der Waals surface area contributed by atoms with Crippen molar-refractivity contribution in [2.24, 2.45) is 0 Å². The second-order valence-electron chi connectivity index (χ2n) is 6.14. The number of benzene rings is 1. The van der Waals surface area contributed by atoms with E-state index >= 15 is 0 Å². The molecule has 0 amide bonds.